The highest BCUT2D eigenvalue weighted by Gasteiger charge is 2.23. The van der Waals surface area contributed by atoms with Gasteiger partial charge in [-0.25, -0.2) is 4.39 Å². The first-order chi connectivity index (χ1) is 16.4. The van der Waals surface area contributed by atoms with Crippen molar-refractivity contribution in [2.45, 2.75) is 13.8 Å². The van der Waals surface area contributed by atoms with Gasteiger partial charge in [0.2, 0.25) is 0 Å². The molecule has 34 heavy (non-hydrogen) atoms. The van der Waals surface area contributed by atoms with Gasteiger partial charge in [0.15, 0.2) is 0 Å². The molecule has 9 heteroatoms. The number of rotatable bonds is 8. The van der Waals surface area contributed by atoms with Gasteiger partial charge in [-0.2, -0.15) is 0 Å². The van der Waals surface area contributed by atoms with Gasteiger partial charge in [0.1, 0.15) is 11.6 Å². The predicted octanol–water partition coefficient (Wildman–Crippen LogP) is 3.04. The zero-order valence-electron chi connectivity index (χ0n) is 19.5. The summed E-state index contributed by atoms with van der Waals surface area (Å²) in [4.78, 5) is 21.1. The number of carbonyl (C=O) groups is 1. The van der Waals surface area contributed by atoms with Crippen LogP contribution in [-0.2, 0) is 0 Å². The molecule has 1 saturated heterocycles. The Balaban J connectivity index is 1.82. The van der Waals surface area contributed by atoms with Crippen molar-refractivity contribution in [3.63, 3.8) is 0 Å². The van der Waals surface area contributed by atoms with Crippen molar-refractivity contribution < 1.29 is 19.0 Å². The first-order valence-corrected chi connectivity index (χ1v) is 11.4. The number of nitrogens with two attached hydrogens (primary N) is 1. The number of piperazine rings is 1. The number of carbonyl (C=O) groups excluding carboxylic acids is 1. The molecule has 2 heterocycles. The van der Waals surface area contributed by atoms with E-state index in [1.165, 1.54) is 12.3 Å². The van der Waals surface area contributed by atoms with Crippen LogP contribution in [0.15, 0.2) is 36.5 Å². The number of β-amino-alcohol motifs (C(OH)–C–C–N with tert-alkyl or cyclic N) is 1. The quantitative estimate of drug-likeness (QED) is 0.468. The fraction of sp³-hybridized carbons (Fsp3) is 0.360. The maximum Gasteiger partial charge on any atom is 0.252 e. The molecule has 180 valence electrons. The Morgan fingerprint density at radius 1 is 1.24 bits per heavy atom. The van der Waals surface area contributed by atoms with Gasteiger partial charge < -0.3 is 25.8 Å². The standard InChI is InChI=1S/C25H30FN5O3/c1-3-34-23-14-21-17(13-22(23)31-8-6-30(7-9-31)10-11-32)24(18(15-28-21)25(27)33)29-20-5-4-16(2)12-19(20)26/h4-5,12-15,32H,3,6-11H2,1-2H3,(H2,27,33)(H,28,29). The number of pyridine rings is 1. The van der Waals surface area contributed by atoms with Crippen LogP contribution in [0.5, 0.6) is 5.75 Å². The Kier molecular flexibility index (Phi) is 7.14. The second kappa shape index (κ2) is 10.2. The molecule has 0 unspecified atom stereocenters. The van der Waals surface area contributed by atoms with E-state index in [1.807, 2.05) is 26.0 Å². The molecule has 0 saturated carbocycles. The summed E-state index contributed by atoms with van der Waals surface area (Å²) in [7, 11) is 0. The van der Waals surface area contributed by atoms with Gasteiger partial charge in [0.05, 0.1) is 41.4 Å². The summed E-state index contributed by atoms with van der Waals surface area (Å²) in [5.74, 6) is -0.388. The fourth-order valence-corrected chi connectivity index (χ4v) is 4.26. The maximum atomic E-state index is 14.7. The number of nitrogens with one attached hydrogen (secondary N) is 1. The average Bonchev–Trinajstić information content (AvgIpc) is 2.81. The lowest BCUT2D eigenvalue weighted by atomic mass is 10.1. The van der Waals surface area contributed by atoms with Crippen molar-refractivity contribution in [3.8, 4) is 5.75 Å². The lowest BCUT2D eigenvalue weighted by Gasteiger charge is -2.36. The van der Waals surface area contributed by atoms with E-state index in [0.717, 1.165) is 37.4 Å². The fourth-order valence-electron chi connectivity index (χ4n) is 4.26. The molecule has 4 rings (SSSR count). The second-order valence-corrected chi connectivity index (χ2v) is 8.34. The Hall–Kier alpha value is -3.43. The van der Waals surface area contributed by atoms with Gasteiger partial charge in [0, 0.05) is 50.4 Å². The van der Waals surface area contributed by atoms with E-state index in [1.54, 1.807) is 12.1 Å². The number of primary amides is 1. The lowest BCUT2D eigenvalue weighted by molar-refractivity contribution is 0.100. The zero-order chi connectivity index (χ0) is 24.2. The number of ether oxygens (including phenoxy) is 1. The van der Waals surface area contributed by atoms with E-state index >= 15 is 0 Å². The highest BCUT2D eigenvalue weighted by atomic mass is 19.1. The topological polar surface area (TPSA) is 104 Å². The number of aliphatic hydroxyl groups excluding tert-OH is 1. The van der Waals surface area contributed by atoms with Crippen LogP contribution >= 0.6 is 0 Å². The number of aromatic nitrogens is 1. The number of aliphatic hydroxyl groups is 1. The third kappa shape index (κ3) is 4.90. The van der Waals surface area contributed by atoms with Gasteiger partial charge in [0.25, 0.3) is 5.91 Å². The molecule has 1 aliphatic rings. The predicted molar refractivity (Wildman–Crippen MR) is 132 cm³/mol. The molecular weight excluding hydrogens is 437 g/mol. The van der Waals surface area contributed by atoms with E-state index in [0.29, 0.717) is 35.5 Å². The lowest BCUT2D eigenvalue weighted by Crippen LogP contribution is -2.47. The van der Waals surface area contributed by atoms with Crippen LogP contribution in [0.4, 0.5) is 21.5 Å². The van der Waals surface area contributed by atoms with E-state index in [9.17, 15) is 14.3 Å². The first kappa shape index (κ1) is 23.7. The normalized spacial score (nSPS) is 14.4. The SMILES string of the molecule is CCOc1cc2ncc(C(N)=O)c(Nc3ccc(C)cc3F)c2cc1N1CCN(CCO)CC1. The largest absolute Gasteiger partial charge is 0.492 e. The molecule has 8 nitrogen and oxygen atoms in total. The molecule has 3 aromatic rings. The summed E-state index contributed by atoms with van der Waals surface area (Å²) < 4.78 is 20.6. The number of fused-ring (bicyclic) bond motifs is 1. The number of aryl methyl sites for hydroxylation is 1. The number of hydrogen-bond donors (Lipinski definition) is 3. The van der Waals surface area contributed by atoms with Gasteiger partial charge in [-0.1, -0.05) is 6.07 Å². The van der Waals surface area contributed by atoms with Gasteiger partial charge in [-0.05, 0) is 37.6 Å². The molecule has 0 aliphatic carbocycles. The minimum atomic E-state index is -0.655. The molecule has 1 aliphatic heterocycles. The van der Waals surface area contributed by atoms with Gasteiger partial charge >= 0.3 is 0 Å². The van der Waals surface area contributed by atoms with Crippen LogP contribution < -0.4 is 20.7 Å². The van der Waals surface area contributed by atoms with E-state index in [2.05, 4.69) is 20.1 Å². The molecular formula is C25H30FN5O3. The number of amides is 1. The van der Waals surface area contributed by atoms with Crippen LogP contribution in [0.2, 0.25) is 0 Å². The van der Waals surface area contributed by atoms with Crippen molar-refractivity contribution in [2.75, 3.05) is 56.2 Å². The highest BCUT2D eigenvalue weighted by molar-refractivity contribution is 6.08. The number of nitrogens with zero attached hydrogens (tertiary/aromatic N) is 3. The maximum absolute atomic E-state index is 14.7. The second-order valence-electron chi connectivity index (χ2n) is 8.34. The third-order valence-corrected chi connectivity index (χ3v) is 6.03. The number of halogens is 1. The van der Waals surface area contributed by atoms with Crippen molar-refractivity contribution in [1.29, 1.82) is 0 Å². The molecule has 1 aromatic heterocycles. The molecule has 0 atom stereocenters. The minimum absolute atomic E-state index is 0.131. The van der Waals surface area contributed by atoms with E-state index in [-0.39, 0.29) is 17.9 Å². The zero-order valence-corrected chi connectivity index (χ0v) is 19.5. The monoisotopic (exact) mass is 467 g/mol. The van der Waals surface area contributed by atoms with Crippen molar-refractivity contribution in [1.82, 2.24) is 9.88 Å². The van der Waals surface area contributed by atoms with Gasteiger partial charge in [-0.15, -0.1) is 0 Å². The molecule has 0 radical (unpaired) electrons. The summed E-state index contributed by atoms with van der Waals surface area (Å²) in [6.07, 6.45) is 1.40. The summed E-state index contributed by atoms with van der Waals surface area (Å²) >= 11 is 0. The molecule has 2 aromatic carbocycles. The molecule has 1 fully saturated rings. The van der Waals surface area contributed by atoms with Crippen LogP contribution in [0.25, 0.3) is 10.9 Å². The molecule has 0 spiro atoms. The number of benzene rings is 2. The molecule has 4 N–H and O–H groups in total. The average molecular weight is 468 g/mol. The summed E-state index contributed by atoms with van der Waals surface area (Å²) in [5.41, 5.74) is 8.74. The number of hydrogen-bond acceptors (Lipinski definition) is 7. The van der Waals surface area contributed by atoms with Crippen LogP contribution in [-0.4, -0.2) is 66.8 Å². The number of anilines is 3. The highest BCUT2D eigenvalue weighted by Crippen LogP contribution is 2.38. The minimum Gasteiger partial charge on any atom is -0.492 e. The summed E-state index contributed by atoms with van der Waals surface area (Å²) in [6, 6.07) is 8.63. The van der Waals surface area contributed by atoms with Crippen LogP contribution in [0.3, 0.4) is 0 Å². The van der Waals surface area contributed by atoms with Gasteiger partial charge in [-0.3, -0.25) is 14.7 Å². The van der Waals surface area contributed by atoms with Crippen molar-refractivity contribution in [3.05, 3.63) is 53.5 Å². The Morgan fingerprint density at radius 2 is 2.00 bits per heavy atom. The van der Waals surface area contributed by atoms with Crippen molar-refractivity contribution >= 4 is 33.9 Å². The summed E-state index contributed by atoms with van der Waals surface area (Å²) in [5, 5.41) is 13.0. The Bertz CT molecular complexity index is 1190. The smallest absolute Gasteiger partial charge is 0.252 e. The van der Waals surface area contributed by atoms with E-state index < -0.39 is 11.7 Å². The van der Waals surface area contributed by atoms with E-state index in [4.69, 9.17) is 10.5 Å². The molecule has 0 bridgehead atoms. The molecule has 1 amide bonds. The Morgan fingerprint density at radius 3 is 2.65 bits per heavy atom. The first-order valence-electron chi connectivity index (χ1n) is 11.4. The van der Waals surface area contributed by atoms with Crippen molar-refractivity contribution in [2.24, 2.45) is 5.73 Å². The van der Waals surface area contributed by atoms with Crippen LogP contribution in [0.1, 0.15) is 22.8 Å². The third-order valence-electron chi connectivity index (χ3n) is 6.03. The Labute approximate surface area is 198 Å². The summed E-state index contributed by atoms with van der Waals surface area (Å²) in [6.45, 7) is 8.12. The van der Waals surface area contributed by atoms with Crippen LogP contribution in [0, 0.1) is 12.7 Å².